The van der Waals surface area contributed by atoms with Gasteiger partial charge in [0.05, 0.1) is 5.56 Å². The summed E-state index contributed by atoms with van der Waals surface area (Å²) in [4.78, 5) is 11.8. The van der Waals surface area contributed by atoms with E-state index in [1.807, 2.05) is 19.1 Å². The first-order chi connectivity index (χ1) is 9.00. The number of esters is 1. The van der Waals surface area contributed by atoms with Crippen molar-refractivity contribution >= 4 is 29.5 Å². The normalized spacial score (nSPS) is 19.1. The molecule has 0 radical (unpaired) electrons. The molecule has 2 nitrogen and oxygen atoms in total. The van der Waals surface area contributed by atoms with Gasteiger partial charge in [-0.2, -0.15) is 8.78 Å². The summed E-state index contributed by atoms with van der Waals surface area (Å²) in [5.74, 6) is -0.170. The monoisotopic (exact) mass is 304 g/mol. The summed E-state index contributed by atoms with van der Waals surface area (Å²) in [5.41, 5.74) is 1.60. The predicted molar refractivity (Wildman–Crippen MR) is 74.9 cm³/mol. The lowest BCUT2D eigenvalue weighted by Crippen LogP contribution is -2.30. The van der Waals surface area contributed by atoms with Crippen LogP contribution < -0.4 is 0 Å². The van der Waals surface area contributed by atoms with Crippen molar-refractivity contribution in [3.8, 4) is 0 Å². The highest BCUT2D eigenvalue weighted by molar-refractivity contribution is 8.18. The summed E-state index contributed by atoms with van der Waals surface area (Å²) >= 11 is 1.05. The van der Waals surface area contributed by atoms with Crippen molar-refractivity contribution in [1.29, 1.82) is 0 Å². The fourth-order valence-electron chi connectivity index (χ4n) is 1.63. The number of benzene rings is 1. The molecule has 0 bridgehead atoms. The molecular formula is C13H14F2O2S2. The Bertz CT molecular complexity index is 438. The number of carbonyl (C=O) groups excluding carboxylic acids is 1. The molecule has 0 unspecified atom stereocenters. The molecule has 0 atom stereocenters. The van der Waals surface area contributed by atoms with Gasteiger partial charge in [-0.15, -0.1) is 0 Å². The van der Waals surface area contributed by atoms with E-state index in [1.165, 1.54) is 0 Å². The zero-order valence-corrected chi connectivity index (χ0v) is 12.0. The predicted octanol–water partition coefficient (Wildman–Crippen LogP) is 3.80. The van der Waals surface area contributed by atoms with Crippen molar-refractivity contribution < 1.29 is 18.3 Å². The third-order valence-electron chi connectivity index (χ3n) is 2.75. The van der Waals surface area contributed by atoms with Crippen LogP contribution in [0, 0.1) is 0 Å². The standard InChI is InChI=1S/C13H14F2O2S2/c1-2-9-3-5-10(6-4-9)12(16)17-11-7-18-13(14,15)19-8-11/h3-6,11H,2,7-8H2,1H3. The first-order valence-corrected chi connectivity index (χ1v) is 7.93. The van der Waals surface area contributed by atoms with Crippen LogP contribution in [0.1, 0.15) is 22.8 Å². The van der Waals surface area contributed by atoms with Gasteiger partial charge in [0, 0.05) is 11.5 Å². The largest absolute Gasteiger partial charge is 0.457 e. The fraction of sp³-hybridized carbons (Fsp3) is 0.462. The van der Waals surface area contributed by atoms with Crippen LogP contribution in [0.4, 0.5) is 8.78 Å². The highest BCUT2D eigenvalue weighted by Gasteiger charge is 2.38. The van der Waals surface area contributed by atoms with Crippen LogP contribution in [-0.4, -0.2) is 28.2 Å². The van der Waals surface area contributed by atoms with Crippen LogP contribution in [0.15, 0.2) is 24.3 Å². The number of hydrogen-bond donors (Lipinski definition) is 0. The second kappa shape index (κ2) is 6.13. The van der Waals surface area contributed by atoms with Crippen molar-refractivity contribution in [2.45, 2.75) is 24.0 Å². The van der Waals surface area contributed by atoms with E-state index in [4.69, 9.17) is 4.74 Å². The van der Waals surface area contributed by atoms with Gasteiger partial charge in [-0.05, 0) is 24.1 Å². The number of ether oxygens (including phenoxy) is 1. The van der Waals surface area contributed by atoms with Crippen LogP contribution >= 0.6 is 23.5 Å². The molecule has 1 aliphatic heterocycles. The van der Waals surface area contributed by atoms with E-state index in [1.54, 1.807) is 12.1 Å². The highest BCUT2D eigenvalue weighted by Crippen LogP contribution is 2.45. The third kappa shape index (κ3) is 4.11. The fourth-order valence-corrected chi connectivity index (χ4v) is 3.66. The van der Waals surface area contributed by atoms with Gasteiger partial charge in [-0.1, -0.05) is 42.6 Å². The number of carbonyl (C=O) groups is 1. The molecule has 1 fully saturated rings. The van der Waals surface area contributed by atoms with Gasteiger partial charge >= 0.3 is 10.6 Å². The van der Waals surface area contributed by atoms with E-state index in [2.05, 4.69) is 0 Å². The zero-order valence-electron chi connectivity index (χ0n) is 10.4. The highest BCUT2D eigenvalue weighted by atomic mass is 32.2. The van der Waals surface area contributed by atoms with Crippen LogP contribution in [0.2, 0.25) is 0 Å². The molecule has 0 aliphatic carbocycles. The maximum atomic E-state index is 12.9. The van der Waals surface area contributed by atoms with Gasteiger partial charge in [0.2, 0.25) is 0 Å². The zero-order chi connectivity index (χ0) is 13.9. The minimum absolute atomic E-state index is 0.138. The quantitative estimate of drug-likeness (QED) is 0.793. The second-order valence-corrected chi connectivity index (χ2v) is 6.69. The van der Waals surface area contributed by atoms with Gasteiger partial charge < -0.3 is 4.74 Å². The Kier molecular flexibility index (Phi) is 4.73. The van der Waals surface area contributed by atoms with Crippen molar-refractivity contribution in [1.82, 2.24) is 0 Å². The molecule has 19 heavy (non-hydrogen) atoms. The molecule has 0 N–H and O–H groups in total. The van der Waals surface area contributed by atoms with E-state index < -0.39 is 16.7 Å². The second-order valence-electron chi connectivity index (χ2n) is 4.16. The van der Waals surface area contributed by atoms with Crippen molar-refractivity contribution in [3.05, 3.63) is 35.4 Å². The number of aryl methyl sites for hydroxylation is 1. The average molecular weight is 304 g/mol. The minimum atomic E-state index is -2.76. The molecular weight excluding hydrogens is 290 g/mol. The van der Waals surface area contributed by atoms with Gasteiger partial charge in [-0.25, -0.2) is 4.79 Å². The maximum Gasteiger partial charge on any atom is 0.342 e. The van der Waals surface area contributed by atoms with Gasteiger partial charge in [0.1, 0.15) is 6.10 Å². The smallest absolute Gasteiger partial charge is 0.342 e. The Hall–Kier alpha value is -0.750. The van der Waals surface area contributed by atoms with Gasteiger partial charge in [-0.3, -0.25) is 0 Å². The third-order valence-corrected chi connectivity index (χ3v) is 5.20. The molecule has 0 spiro atoms. The van der Waals surface area contributed by atoms with Crippen molar-refractivity contribution in [3.63, 3.8) is 0 Å². The molecule has 0 saturated carbocycles. The van der Waals surface area contributed by atoms with Crippen molar-refractivity contribution in [2.24, 2.45) is 0 Å². The Labute approximate surface area is 119 Å². The first kappa shape index (κ1) is 14.7. The number of rotatable bonds is 3. The van der Waals surface area contributed by atoms with E-state index in [0.717, 1.165) is 12.0 Å². The molecule has 0 aromatic heterocycles. The molecule has 1 aliphatic rings. The summed E-state index contributed by atoms with van der Waals surface area (Å²) in [6.45, 7) is 2.03. The molecule has 1 heterocycles. The Morgan fingerprint density at radius 1 is 1.32 bits per heavy atom. The molecule has 0 amide bonds. The molecule has 2 rings (SSSR count). The molecule has 1 saturated heterocycles. The molecule has 6 heteroatoms. The number of thioether (sulfide) groups is 2. The molecule has 104 valence electrons. The van der Waals surface area contributed by atoms with Crippen LogP contribution in [0.5, 0.6) is 0 Å². The summed E-state index contributed by atoms with van der Waals surface area (Å²) < 4.78 is 28.3. The SMILES string of the molecule is CCc1ccc(C(=O)OC2CSC(F)(F)SC2)cc1. The number of hydrogen-bond acceptors (Lipinski definition) is 4. The number of alkyl halides is 2. The van der Waals surface area contributed by atoms with Gasteiger partial charge in [0.15, 0.2) is 0 Å². The minimum Gasteiger partial charge on any atom is -0.457 e. The Morgan fingerprint density at radius 2 is 1.89 bits per heavy atom. The van der Waals surface area contributed by atoms with Crippen LogP contribution in [0.3, 0.4) is 0 Å². The van der Waals surface area contributed by atoms with E-state index in [9.17, 15) is 13.6 Å². The Morgan fingerprint density at radius 3 is 2.42 bits per heavy atom. The lowest BCUT2D eigenvalue weighted by atomic mass is 10.1. The average Bonchev–Trinajstić information content (AvgIpc) is 2.41. The first-order valence-electron chi connectivity index (χ1n) is 5.96. The van der Waals surface area contributed by atoms with Crippen molar-refractivity contribution in [2.75, 3.05) is 11.5 Å². The molecule has 1 aromatic rings. The lowest BCUT2D eigenvalue weighted by molar-refractivity contribution is 0.0385. The Balaban J connectivity index is 1.90. The van der Waals surface area contributed by atoms with Crippen LogP contribution in [0.25, 0.3) is 0 Å². The topological polar surface area (TPSA) is 26.3 Å². The van der Waals surface area contributed by atoms with E-state index in [0.29, 0.717) is 29.1 Å². The lowest BCUT2D eigenvalue weighted by Gasteiger charge is -2.26. The van der Waals surface area contributed by atoms with Gasteiger partial charge in [0.25, 0.3) is 0 Å². The van der Waals surface area contributed by atoms with E-state index in [-0.39, 0.29) is 11.5 Å². The summed E-state index contributed by atoms with van der Waals surface area (Å²) in [7, 11) is 0. The summed E-state index contributed by atoms with van der Waals surface area (Å²) in [5, 5.41) is 0. The summed E-state index contributed by atoms with van der Waals surface area (Å²) in [6.07, 6.45) is 0.452. The molecule has 1 aromatic carbocycles. The maximum absolute atomic E-state index is 12.9. The number of halogens is 2. The van der Waals surface area contributed by atoms with Crippen LogP contribution in [-0.2, 0) is 11.2 Å². The van der Waals surface area contributed by atoms with E-state index >= 15 is 0 Å². The summed E-state index contributed by atoms with van der Waals surface area (Å²) in [6, 6.07) is 7.15.